The molecule has 0 atom stereocenters. The summed E-state index contributed by atoms with van der Waals surface area (Å²) in [6.45, 7) is 4.29. The number of ether oxygens (including phenoxy) is 3. The number of carbonyl (C=O) groups excluding carboxylic acids is 1. The molecule has 5 rings (SSSR count). The zero-order chi connectivity index (χ0) is 21.4. The number of hydrogen-bond acceptors (Lipinski definition) is 7. The summed E-state index contributed by atoms with van der Waals surface area (Å²) in [5.41, 5.74) is 2.91. The summed E-state index contributed by atoms with van der Waals surface area (Å²) < 4.78 is 31.4. The van der Waals surface area contributed by atoms with E-state index in [4.69, 9.17) is 14.2 Å². The van der Waals surface area contributed by atoms with Crippen LogP contribution in [-0.4, -0.2) is 48.4 Å². The van der Waals surface area contributed by atoms with Gasteiger partial charge in [0.1, 0.15) is 29.9 Å². The first kappa shape index (κ1) is 19.7. The zero-order valence-corrected chi connectivity index (χ0v) is 17.1. The number of fused-ring (bicyclic) bond motifs is 2. The van der Waals surface area contributed by atoms with Crippen LogP contribution in [0.5, 0.6) is 5.88 Å². The summed E-state index contributed by atoms with van der Waals surface area (Å²) >= 11 is 0. The highest BCUT2D eigenvalue weighted by Gasteiger charge is 2.22. The van der Waals surface area contributed by atoms with Gasteiger partial charge in [-0.1, -0.05) is 0 Å². The van der Waals surface area contributed by atoms with Crippen LogP contribution in [0.25, 0.3) is 21.9 Å². The van der Waals surface area contributed by atoms with E-state index in [-0.39, 0.29) is 17.6 Å². The third-order valence-electron chi connectivity index (χ3n) is 5.70. The monoisotopic (exact) mass is 423 g/mol. The lowest BCUT2D eigenvalue weighted by Crippen LogP contribution is -2.26. The fraction of sp³-hybridized carbons (Fsp3) is 0.348. The van der Waals surface area contributed by atoms with Gasteiger partial charge in [0.25, 0.3) is 0 Å². The van der Waals surface area contributed by atoms with Crippen LogP contribution in [0.3, 0.4) is 0 Å². The van der Waals surface area contributed by atoms with Gasteiger partial charge in [-0.25, -0.2) is 19.2 Å². The van der Waals surface area contributed by atoms with E-state index in [9.17, 15) is 9.18 Å². The molecule has 160 valence electrons. The van der Waals surface area contributed by atoms with Gasteiger partial charge >= 0.3 is 5.97 Å². The molecule has 4 heterocycles. The molecule has 0 aliphatic carbocycles. The smallest absolute Gasteiger partial charge is 0.357 e. The number of anilines is 1. The first-order valence-corrected chi connectivity index (χ1v) is 10.3. The molecular formula is C23H22FN3O4. The summed E-state index contributed by atoms with van der Waals surface area (Å²) in [5.74, 6) is -0.336. The van der Waals surface area contributed by atoms with E-state index in [1.807, 2.05) is 6.92 Å². The second kappa shape index (κ2) is 8.11. The third kappa shape index (κ3) is 3.79. The minimum absolute atomic E-state index is 0.165. The van der Waals surface area contributed by atoms with Crippen molar-refractivity contribution in [1.29, 1.82) is 0 Å². The maximum atomic E-state index is 15.0. The fourth-order valence-corrected chi connectivity index (χ4v) is 3.98. The van der Waals surface area contributed by atoms with Gasteiger partial charge in [0.05, 0.1) is 13.2 Å². The molecule has 0 bridgehead atoms. The van der Waals surface area contributed by atoms with Gasteiger partial charge in [-0.15, -0.1) is 0 Å². The number of carbonyl (C=O) groups is 1. The van der Waals surface area contributed by atoms with Crippen molar-refractivity contribution in [2.75, 3.05) is 31.7 Å². The fourth-order valence-electron chi connectivity index (χ4n) is 3.98. The number of benzene rings is 1. The Bertz CT molecular complexity index is 1160. The zero-order valence-electron chi connectivity index (χ0n) is 17.1. The minimum atomic E-state index is -0.479. The van der Waals surface area contributed by atoms with Crippen molar-refractivity contribution >= 4 is 22.4 Å². The van der Waals surface area contributed by atoms with E-state index in [1.165, 1.54) is 12.3 Å². The summed E-state index contributed by atoms with van der Waals surface area (Å²) in [6.07, 6.45) is 4.30. The first-order valence-electron chi connectivity index (χ1n) is 10.3. The van der Waals surface area contributed by atoms with Gasteiger partial charge < -0.3 is 19.5 Å². The molecule has 8 heteroatoms. The van der Waals surface area contributed by atoms with Crippen LogP contribution in [0.2, 0.25) is 0 Å². The Balaban J connectivity index is 1.50. The van der Waals surface area contributed by atoms with Crippen LogP contribution >= 0.6 is 0 Å². The van der Waals surface area contributed by atoms with Gasteiger partial charge in [0.15, 0.2) is 0 Å². The van der Waals surface area contributed by atoms with Crippen molar-refractivity contribution in [3.63, 3.8) is 0 Å². The molecule has 2 aliphatic rings. The van der Waals surface area contributed by atoms with E-state index in [0.29, 0.717) is 67.0 Å². The number of nitrogens with one attached hydrogen (secondary N) is 1. The summed E-state index contributed by atoms with van der Waals surface area (Å²) in [7, 11) is 0. The molecule has 0 saturated carbocycles. The number of rotatable bonds is 3. The number of pyridine rings is 2. The molecule has 2 aliphatic heterocycles. The molecule has 31 heavy (non-hydrogen) atoms. The Morgan fingerprint density at radius 1 is 1.10 bits per heavy atom. The Morgan fingerprint density at radius 2 is 1.94 bits per heavy atom. The minimum Gasteiger partial charge on any atom is -0.474 e. The van der Waals surface area contributed by atoms with Crippen LogP contribution in [0.1, 0.15) is 28.9 Å². The Morgan fingerprint density at radius 3 is 2.77 bits per heavy atom. The van der Waals surface area contributed by atoms with Crippen LogP contribution in [0.4, 0.5) is 10.1 Å². The van der Waals surface area contributed by atoms with Crippen molar-refractivity contribution in [2.24, 2.45) is 0 Å². The van der Waals surface area contributed by atoms with Crippen LogP contribution in [0.15, 0.2) is 30.6 Å². The average molecular weight is 423 g/mol. The van der Waals surface area contributed by atoms with Crippen molar-refractivity contribution in [3.05, 3.63) is 47.7 Å². The largest absolute Gasteiger partial charge is 0.474 e. The summed E-state index contributed by atoms with van der Waals surface area (Å²) in [6, 6.07) is 4.79. The number of halogens is 1. The van der Waals surface area contributed by atoms with E-state index < -0.39 is 5.97 Å². The first-order chi connectivity index (χ1) is 15.1. The highest BCUT2D eigenvalue weighted by molar-refractivity contribution is 5.95. The number of aromatic nitrogens is 2. The second-order valence-electron chi connectivity index (χ2n) is 7.72. The molecule has 7 nitrogen and oxygen atoms in total. The number of esters is 1. The molecule has 1 saturated heterocycles. The lowest BCUT2D eigenvalue weighted by Gasteiger charge is -2.22. The average Bonchev–Trinajstić information content (AvgIpc) is 2.80. The van der Waals surface area contributed by atoms with Crippen molar-refractivity contribution < 1.29 is 23.4 Å². The molecule has 1 fully saturated rings. The van der Waals surface area contributed by atoms with Gasteiger partial charge in [-0.2, -0.15) is 0 Å². The van der Waals surface area contributed by atoms with Crippen molar-refractivity contribution in [3.8, 4) is 17.0 Å². The lowest BCUT2D eigenvalue weighted by molar-refractivity contribution is -0.0163. The van der Waals surface area contributed by atoms with E-state index >= 15 is 0 Å². The molecule has 0 unspecified atom stereocenters. The Labute approximate surface area is 178 Å². The molecule has 3 aromatic rings. The topological polar surface area (TPSA) is 82.6 Å². The van der Waals surface area contributed by atoms with Crippen molar-refractivity contribution in [2.45, 2.75) is 25.9 Å². The molecular weight excluding hydrogens is 401 g/mol. The Kier molecular flexibility index (Phi) is 5.15. The lowest BCUT2D eigenvalue weighted by atomic mass is 9.98. The highest BCUT2D eigenvalue weighted by atomic mass is 19.1. The van der Waals surface area contributed by atoms with Gasteiger partial charge in [0, 0.05) is 48.3 Å². The number of nitrogens with zero attached hydrogens (tertiary/aromatic N) is 2. The normalized spacial score (nSPS) is 16.3. The van der Waals surface area contributed by atoms with Gasteiger partial charge in [-0.3, -0.25) is 0 Å². The summed E-state index contributed by atoms with van der Waals surface area (Å²) in [4.78, 5) is 21.1. The predicted molar refractivity (Wildman–Crippen MR) is 113 cm³/mol. The summed E-state index contributed by atoms with van der Waals surface area (Å²) in [5, 5.41) is 4.58. The SMILES string of the molecule is Cc1c(-c2cc3cc(C(=O)OC4CCOCC4)ncc3cc2F)cnc2c1NCCO2. The molecule has 1 N–H and O–H groups in total. The van der Waals surface area contributed by atoms with Gasteiger partial charge in [0.2, 0.25) is 5.88 Å². The highest BCUT2D eigenvalue weighted by Crippen LogP contribution is 2.37. The maximum Gasteiger partial charge on any atom is 0.357 e. The standard InChI is InChI=1S/C23H22FN3O4/c1-13-18(12-27-22-21(13)25-4-7-30-22)17-8-14-10-20(26-11-15(14)9-19(17)24)23(28)31-16-2-5-29-6-3-16/h8-12,16,25H,2-7H2,1H3. The van der Waals surface area contributed by atoms with Crippen LogP contribution in [0, 0.1) is 12.7 Å². The molecule has 2 aromatic heterocycles. The van der Waals surface area contributed by atoms with E-state index in [0.717, 1.165) is 11.3 Å². The quantitative estimate of drug-likeness (QED) is 0.640. The van der Waals surface area contributed by atoms with Crippen LogP contribution in [-0.2, 0) is 9.47 Å². The second-order valence-corrected chi connectivity index (χ2v) is 7.72. The Hall–Kier alpha value is -3.26. The van der Waals surface area contributed by atoms with E-state index in [2.05, 4.69) is 15.3 Å². The van der Waals surface area contributed by atoms with E-state index in [1.54, 1.807) is 18.3 Å². The predicted octanol–water partition coefficient (Wildman–Crippen LogP) is 3.88. The maximum absolute atomic E-state index is 15.0. The molecule has 0 radical (unpaired) electrons. The number of hydrogen-bond donors (Lipinski definition) is 1. The molecule has 0 amide bonds. The van der Waals surface area contributed by atoms with Gasteiger partial charge in [-0.05, 0) is 36.1 Å². The van der Waals surface area contributed by atoms with Crippen molar-refractivity contribution in [1.82, 2.24) is 9.97 Å². The third-order valence-corrected chi connectivity index (χ3v) is 5.70. The van der Waals surface area contributed by atoms with Crippen LogP contribution < -0.4 is 10.1 Å². The molecule has 1 aromatic carbocycles. The molecule has 0 spiro atoms.